The van der Waals surface area contributed by atoms with Crippen LogP contribution in [0.15, 0.2) is 18.2 Å². The molecule has 21 heavy (non-hydrogen) atoms. The molecule has 3 N–H and O–H groups in total. The average Bonchev–Trinajstić information content (AvgIpc) is 2.90. The maximum atomic E-state index is 5.60. The summed E-state index contributed by atoms with van der Waals surface area (Å²) in [5.41, 5.74) is 7.97. The molecule has 6 nitrogen and oxygen atoms in total. The van der Waals surface area contributed by atoms with Crippen LogP contribution in [0.4, 0.5) is 5.95 Å². The number of hydrogen-bond acceptors (Lipinski definition) is 5. The first-order valence-corrected chi connectivity index (χ1v) is 7.27. The number of nitrogens with one attached hydrogen (secondary N) is 1. The van der Waals surface area contributed by atoms with Crippen LogP contribution in [0.2, 0.25) is 0 Å². The molecule has 6 heteroatoms. The quantitative estimate of drug-likeness (QED) is 0.891. The fourth-order valence-electron chi connectivity index (χ4n) is 2.78. The van der Waals surface area contributed by atoms with Gasteiger partial charge in [0.2, 0.25) is 5.95 Å². The Labute approximate surface area is 124 Å². The van der Waals surface area contributed by atoms with E-state index in [0.717, 1.165) is 36.1 Å². The number of hydrogen-bond donors (Lipinski definition) is 2. The number of aromatic nitrogens is 3. The highest BCUT2D eigenvalue weighted by Gasteiger charge is 2.26. The summed E-state index contributed by atoms with van der Waals surface area (Å²) in [5.74, 6) is 2.51. The molecular formula is C15H21N5O. The first kappa shape index (κ1) is 13.9. The van der Waals surface area contributed by atoms with E-state index in [9.17, 15) is 0 Å². The highest BCUT2D eigenvalue weighted by molar-refractivity contribution is 5.42. The lowest BCUT2D eigenvalue weighted by Crippen LogP contribution is -2.25. The maximum Gasteiger partial charge on any atom is 0.221 e. The molecule has 0 radical (unpaired) electrons. The standard InChI is InChI=1S/C15H21N5O/c1-10-3-4-13(21-2)11(9-10)12-6-8-17-15-18-14(5-7-16)19-20(12)15/h3-4,9,12H,5-8,16H2,1-2H3,(H,17,18,19). The fraction of sp³-hybridized carbons (Fsp3) is 0.467. The molecule has 0 amide bonds. The van der Waals surface area contributed by atoms with E-state index < -0.39 is 0 Å². The van der Waals surface area contributed by atoms with Crippen LogP contribution in [0.25, 0.3) is 0 Å². The van der Waals surface area contributed by atoms with Crippen molar-refractivity contribution >= 4 is 5.95 Å². The number of fused-ring (bicyclic) bond motifs is 1. The summed E-state index contributed by atoms with van der Waals surface area (Å²) in [6, 6.07) is 6.40. The van der Waals surface area contributed by atoms with Crippen LogP contribution in [0, 0.1) is 6.92 Å². The SMILES string of the molecule is COc1ccc(C)cc1C1CCNc2nc(CCN)nn21. The molecule has 1 aromatic carbocycles. The number of rotatable bonds is 4. The molecule has 0 spiro atoms. The Morgan fingerprint density at radius 3 is 3.10 bits per heavy atom. The average molecular weight is 287 g/mol. The number of anilines is 1. The van der Waals surface area contributed by atoms with E-state index in [1.54, 1.807) is 7.11 Å². The lowest BCUT2D eigenvalue weighted by atomic mass is 9.99. The summed E-state index contributed by atoms with van der Waals surface area (Å²) in [7, 11) is 1.71. The van der Waals surface area contributed by atoms with Crippen molar-refractivity contribution < 1.29 is 4.74 Å². The molecule has 1 unspecified atom stereocenters. The summed E-state index contributed by atoms with van der Waals surface area (Å²) < 4.78 is 7.49. The van der Waals surface area contributed by atoms with Gasteiger partial charge in [-0.25, -0.2) is 4.68 Å². The van der Waals surface area contributed by atoms with Crippen LogP contribution in [-0.4, -0.2) is 35.0 Å². The Hall–Kier alpha value is -2.08. The van der Waals surface area contributed by atoms with Gasteiger partial charge in [-0.15, -0.1) is 0 Å². The van der Waals surface area contributed by atoms with E-state index in [4.69, 9.17) is 10.5 Å². The molecule has 2 heterocycles. The van der Waals surface area contributed by atoms with Crippen molar-refractivity contribution in [3.63, 3.8) is 0 Å². The lowest BCUT2D eigenvalue weighted by Gasteiger charge is -2.26. The van der Waals surface area contributed by atoms with E-state index in [1.165, 1.54) is 5.56 Å². The highest BCUT2D eigenvalue weighted by atomic mass is 16.5. The third kappa shape index (κ3) is 2.58. The number of ether oxygens (including phenoxy) is 1. The predicted molar refractivity (Wildman–Crippen MR) is 81.8 cm³/mol. The third-order valence-electron chi connectivity index (χ3n) is 3.78. The Balaban J connectivity index is 2.03. The Kier molecular flexibility index (Phi) is 3.79. The van der Waals surface area contributed by atoms with Gasteiger partial charge in [-0.2, -0.15) is 10.1 Å². The zero-order valence-corrected chi connectivity index (χ0v) is 12.5. The summed E-state index contributed by atoms with van der Waals surface area (Å²) in [4.78, 5) is 4.51. The van der Waals surface area contributed by atoms with Crippen LogP contribution >= 0.6 is 0 Å². The number of nitrogens with two attached hydrogens (primary N) is 1. The van der Waals surface area contributed by atoms with Crippen molar-refractivity contribution in [3.8, 4) is 5.75 Å². The molecule has 112 valence electrons. The van der Waals surface area contributed by atoms with Crippen LogP contribution in [0.5, 0.6) is 5.75 Å². The summed E-state index contributed by atoms with van der Waals surface area (Å²) in [6.45, 7) is 3.52. The van der Waals surface area contributed by atoms with Crippen molar-refractivity contribution in [3.05, 3.63) is 35.2 Å². The third-order valence-corrected chi connectivity index (χ3v) is 3.78. The minimum absolute atomic E-state index is 0.148. The van der Waals surface area contributed by atoms with Gasteiger partial charge >= 0.3 is 0 Å². The number of aryl methyl sites for hydroxylation is 1. The fourth-order valence-corrected chi connectivity index (χ4v) is 2.78. The van der Waals surface area contributed by atoms with E-state index >= 15 is 0 Å². The zero-order chi connectivity index (χ0) is 14.8. The van der Waals surface area contributed by atoms with Crippen LogP contribution in [0.1, 0.15) is 29.4 Å². The van der Waals surface area contributed by atoms with Crippen LogP contribution in [0.3, 0.4) is 0 Å². The normalized spacial score (nSPS) is 17.2. The van der Waals surface area contributed by atoms with Crippen molar-refractivity contribution in [1.82, 2.24) is 14.8 Å². The molecule has 1 aromatic heterocycles. The second-order valence-electron chi connectivity index (χ2n) is 5.31. The van der Waals surface area contributed by atoms with Crippen molar-refractivity contribution in [2.45, 2.75) is 25.8 Å². The number of methoxy groups -OCH3 is 1. The molecule has 1 aliphatic rings. The van der Waals surface area contributed by atoms with Crippen molar-refractivity contribution in [1.29, 1.82) is 0 Å². The van der Waals surface area contributed by atoms with Gasteiger partial charge in [-0.1, -0.05) is 17.7 Å². The number of nitrogens with zero attached hydrogens (tertiary/aromatic N) is 3. The lowest BCUT2D eigenvalue weighted by molar-refractivity contribution is 0.391. The molecule has 0 bridgehead atoms. The Bertz CT molecular complexity index is 637. The zero-order valence-electron chi connectivity index (χ0n) is 12.5. The Morgan fingerprint density at radius 2 is 2.33 bits per heavy atom. The largest absolute Gasteiger partial charge is 0.496 e. The van der Waals surface area contributed by atoms with Gasteiger partial charge in [0.1, 0.15) is 5.75 Å². The topological polar surface area (TPSA) is 78.0 Å². The van der Waals surface area contributed by atoms with Crippen molar-refractivity contribution in [2.75, 3.05) is 25.5 Å². The summed E-state index contributed by atoms with van der Waals surface area (Å²) in [5, 5.41) is 7.91. The summed E-state index contributed by atoms with van der Waals surface area (Å²) in [6.07, 6.45) is 1.65. The van der Waals surface area contributed by atoms with Gasteiger partial charge in [-0.3, -0.25) is 0 Å². The number of benzene rings is 1. The monoisotopic (exact) mass is 287 g/mol. The Morgan fingerprint density at radius 1 is 1.48 bits per heavy atom. The van der Waals surface area contributed by atoms with Gasteiger partial charge in [0.25, 0.3) is 0 Å². The molecular weight excluding hydrogens is 266 g/mol. The van der Waals surface area contributed by atoms with E-state index in [1.807, 2.05) is 10.7 Å². The molecule has 0 fully saturated rings. The molecule has 2 aromatic rings. The van der Waals surface area contributed by atoms with Crippen molar-refractivity contribution in [2.24, 2.45) is 5.73 Å². The minimum Gasteiger partial charge on any atom is -0.496 e. The van der Waals surface area contributed by atoms with E-state index in [-0.39, 0.29) is 6.04 Å². The van der Waals surface area contributed by atoms with Crippen LogP contribution < -0.4 is 15.8 Å². The second kappa shape index (κ2) is 5.73. The minimum atomic E-state index is 0.148. The molecule has 0 aliphatic carbocycles. The molecule has 1 atom stereocenters. The molecule has 3 rings (SSSR count). The van der Waals surface area contributed by atoms with Gasteiger partial charge in [0, 0.05) is 18.5 Å². The highest BCUT2D eigenvalue weighted by Crippen LogP contribution is 2.34. The van der Waals surface area contributed by atoms with E-state index in [2.05, 4.69) is 34.5 Å². The second-order valence-corrected chi connectivity index (χ2v) is 5.31. The molecule has 0 saturated carbocycles. The maximum absolute atomic E-state index is 5.60. The van der Waals surface area contributed by atoms with Crippen LogP contribution in [-0.2, 0) is 6.42 Å². The smallest absolute Gasteiger partial charge is 0.221 e. The first-order chi connectivity index (χ1) is 10.2. The molecule has 1 aliphatic heterocycles. The summed E-state index contributed by atoms with van der Waals surface area (Å²) >= 11 is 0. The first-order valence-electron chi connectivity index (χ1n) is 7.27. The van der Waals surface area contributed by atoms with Gasteiger partial charge in [-0.05, 0) is 26.0 Å². The predicted octanol–water partition coefficient (Wildman–Crippen LogP) is 1.50. The molecule has 0 saturated heterocycles. The van der Waals surface area contributed by atoms with E-state index in [0.29, 0.717) is 13.0 Å². The van der Waals surface area contributed by atoms with Gasteiger partial charge in [0.15, 0.2) is 5.82 Å². The van der Waals surface area contributed by atoms with Gasteiger partial charge in [0.05, 0.1) is 13.2 Å². The van der Waals surface area contributed by atoms with Gasteiger partial charge < -0.3 is 15.8 Å².